The SMILES string of the molecule is CC1=C(C)C(C)([C@@H](C)[C@@H](c2n[nH]c(=O)o2)N2CN(CCCO)c3nc(Cl)ccc3S2(=O)=O)C(F)C=C1. The number of rotatable bonds is 7. The molecule has 0 spiro atoms. The summed E-state index contributed by atoms with van der Waals surface area (Å²) in [4.78, 5) is 17.7. The van der Waals surface area contributed by atoms with Gasteiger partial charge in [-0.2, -0.15) is 4.31 Å². The van der Waals surface area contributed by atoms with E-state index in [1.165, 1.54) is 18.2 Å². The minimum Gasteiger partial charge on any atom is -0.396 e. The average Bonchev–Trinajstić information content (AvgIpc) is 3.26. The minimum absolute atomic E-state index is 0.0971. The molecule has 0 aromatic carbocycles. The molecule has 0 saturated heterocycles. The van der Waals surface area contributed by atoms with E-state index in [1.54, 1.807) is 24.8 Å². The molecular formula is C23H29ClFN5O5S. The van der Waals surface area contributed by atoms with E-state index in [2.05, 4.69) is 15.2 Å². The molecule has 1 aliphatic heterocycles. The van der Waals surface area contributed by atoms with Crippen LogP contribution in [0.5, 0.6) is 0 Å². The van der Waals surface area contributed by atoms with Crippen molar-refractivity contribution in [3.05, 3.63) is 57.0 Å². The molecule has 4 rings (SSSR count). The first-order chi connectivity index (χ1) is 16.9. The fourth-order valence-electron chi connectivity index (χ4n) is 5.01. The molecule has 0 bridgehead atoms. The van der Waals surface area contributed by atoms with Gasteiger partial charge in [0, 0.05) is 18.6 Å². The molecule has 0 radical (unpaired) electrons. The van der Waals surface area contributed by atoms with Crippen molar-refractivity contribution in [3.8, 4) is 0 Å². The third-order valence-corrected chi connectivity index (χ3v) is 9.56. The first-order valence-electron chi connectivity index (χ1n) is 11.5. The standard InChI is InChI=1S/C23H29ClFN5O5S/c1-13-6-8-17(25)23(4,14(13)2)15(3)19(21-27-28-22(32)35-21)30-12-29(10-5-11-31)20-16(36(30,33)34)7-9-18(24)26-20/h6-9,15,17,19,31H,5,10-12H2,1-4H3,(H,28,32)/t15-,17?,19-,23?/m0/s1. The van der Waals surface area contributed by atoms with Crippen molar-refractivity contribution in [1.82, 2.24) is 19.5 Å². The largest absolute Gasteiger partial charge is 0.434 e. The highest BCUT2D eigenvalue weighted by atomic mass is 35.5. The van der Waals surface area contributed by atoms with Crippen LogP contribution in [0.3, 0.4) is 0 Å². The monoisotopic (exact) mass is 541 g/mol. The van der Waals surface area contributed by atoms with Crippen molar-refractivity contribution in [3.63, 3.8) is 0 Å². The minimum atomic E-state index is -4.22. The second-order valence-electron chi connectivity index (χ2n) is 9.37. The summed E-state index contributed by atoms with van der Waals surface area (Å²) in [5.41, 5.74) is 0.495. The Morgan fingerprint density at radius 2 is 2.11 bits per heavy atom. The van der Waals surface area contributed by atoms with E-state index in [4.69, 9.17) is 16.0 Å². The lowest BCUT2D eigenvalue weighted by molar-refractivity contribution is 0.0644. The van der Waals surface area contributed by atoms with Crippen LogP contribution in [0, 0.1) is 11.3 Å². The zero-order chi connectivity index (χ0) is 26.4. The number of nitrogens with zero attached hydrogens (tertiary/aromatic N) is 4. The Labute approximate surface area is 213 Å². The fourth-order valence-corrected chi connectivity index (χ4v) is 6.92. The zero-order valence-electron chi connectivity index (χ0n) is 20.4. The molecule has 2 unspecified atom stereocenters. The molecule has 10 nitrogen and oxygen atoms in total. The van der Waals surface area contributed by atoms with Gasteiger partial charge in [-0.3, -0.25) is 0 Å². The van der Waals surface area contributed by atoms with Crippen LogP contribution in [-0.4, -0.2) is 59.0 Å². The van der Waals surface area contributed by atoms with Crippen LogP contribution < -0.4 is 10.7 Å². The average molecular weight is 542 g/mol. The van der Waals surface area contributed by atoms with Crippen molar-refractivity contribution in [2.24, 2.45) is 11.3 Å². The van der Waals surface area contributed by atoms with Crippen molar-refractivity contribution >= 4 is 27.4 Å². The van der Waals surface area contributed by atoms with E-state index in [0.717, 1.165) is 15.5 Å². The van der Waals surface area contributed by atoms with Gasteiger partial charge < -0.3 is 14.4 Å². The number of nitrogens with one attached hydrogen (secondary N) is 1. The Morgan fingerprint density at radius 1 is 1.39 bits per heavy atom. The topological polar surface area (TPSA) is 133 Å². The summed E-state index contributed by atoms with van der Waals surface area (Å²) in [5.74, 6) is -1.59. The van der Waals surface area contributed by atoms with Crippen molar-refractivity contribution in [2.45, 2.75) is 51.2 Å². The third-order valence-electron chi connectivity index (χ3n) is 7.51. The number of hydrogen-bond donors (Lipinski definition) is 2. The van der Waals surface area contributed by atoms with E-state index < -0.39 is 39.3 Å². The molecule has 2 N–H and O–H groups in total. The molecule has 2 aromatic heterocycles. The summed E-state index contributed by atoms with van der Waals surface area (Å²) in [6, 6.07) is 1.59. The Balaban J connectivity index is 1.90. The van der Waals surface area contributed by atoms with Crippen LogP contribution in [0.4, 0.5) is 10.2 Å². The molecule has 0 amide bonds. The number of aliphatic hydroxyl groups excluding tert-OH is 1. The number of aromatic nitrogens is 3. The molecule has 13 heteroatoms. The molecule has 0 fully saturated rings. The Bertz CT molecular complexity index is 1370. The van der Waals surface area contributed by atoms with Gasteiger partial charge in [0.2, 0.25) is 15.9 Å². The summed E-state index contributed by atoms with van der Waals surface area (Å²) < 4.78 is 50.0. The summed E-state index contributed by atoms with van der Waals surface area (Å²) in [6.07, 6.45) is 2.08. The second kappa shape index (κ2) is 9.73. The summed E-state index contributed by atoms with van der Waals surface area (Å²) in [6.45, 7) is 7.11. The summed E-state index contributed by atoms with van der Waals surface area (Å²) >= 11 is 6.07. The van der Waals surface area contributed by atoms with E-state index in [9.17, 15) is 18.3 Å². The maximum Gasteiger partial charge on any atom is 0.434 e. The van der Waals surface area contributed by atoms with Gasteiger partial charge in [0.1, 0.15) is 22.3 Å². The van der Waals surface area contributed by atoms with Gasteiger partial charge in [-0.25, -0.2) is 27.7 Å². The maximum absolute atomic E-state index is 15.6. The Kier molecular flexibility index (Phi) is 7.17. The quantitative estimate of drug-likeness (QED) is 0.511. The van der Waals surface area contributed by atoms with Gasteiger partial charge in [-0.05, 0) is 44.4 Å². The highest BCUT2D eigenvalue weighted by Crippen LogP contribution is 2.52. The van der Waals surface area contributed by atoms with E-state index in [0.29, 0.717) is 6.42 Å². The lowest BCUT2D eigenvalue weighted by Gasteiger charge is -2.47. The number of pyridine rings is 1. The number of aliphatic hydroxyl groups is 1. The number of alkyl halides is 1. The molecule has 4 atom stereocenters. The molecule has 2 aromatic rings. The van der Waals surface area contributed by atoms with Gasteiger partial charge in [0.05, 0.1) is 6.67 Å². The summed E-state index contributed by atoms with van der Waals surface area (Å²) in [5, 5.41) is 15.7. The van der Waals surface area contributed by atoms with Gasteiger partial charge in [-0.1, -0.05) is 42.7 Å². The van der Waals surface area contributed by atoms with E-state index >= 15 is 4.39 Å². The van der Waals surface area contributed by atoms with Gasteiger partial charge in [-0.15, -0.1) is 5.10 Å². The highest BCUT2D eigenvalue weighted by molar-refractivity contribution is 7.89. The van der Waals surface area contributed by atoms with E-state index in [1.807, 2.05) is 13.8 Å². The van der Waals surface area contributed by atoms with Crippen LogP contribution in [0.1, 0.15) is 46.0 Å². The predicted octanol–water partition coefficient (Wildman–Crippen LogP) is 3.19. The number of hydrogen-bond acceptors (Lipinski definition) is 8. The summed E-state index contributed by atoms with van der Waals surface area (Å²) in [7, 11) is -4.22. The molecule has 2 aliphatic rings. The first-order valence-corrected chi connectivity index (χ1v) is 13.3. The number of allylic oxidation sites excluding steroid dienone is 4. The predicted molar refractivity (Wildman–Crippen MR) is 132 cm³/mol. The number of H-pyrrole nitrogens is 1. The Morgan fingerprint density at radius 3 is 2.75 bits per heavy atom. The lowest BCUT2D eigenvalue weighted by atomic mass is 9.63. The number of halogens is 2. The Hall–Kier alpha value is -2.54. The van der Waals surface area contributed by atoms with Crippen LogP contribution in [0.2, 0.25) is 5.15 Å². The van der Waals surface area contributed by atoms with E-state index in [-0.39, 0.29) is 41.6 Å². The number of sulfonamides is 1. The van der Waals surface area contributed by atoms with Crippen molar-refractivity contribution in [1.29, 1.82) is 0 Å². The first kappa shape index (κ1) is 26.5. The lowest BCUT2D eigenvalue weighted by Crippen LogP contribution is -2.53. The molecule has 3 heterocycles. The maximum atomic E-state index is 15.6. The smallest absolute Gasteiger partial charge is 0.396 e. The van der Waals surface area contributed by atoms with Crippen molar-refractivity contribution in [2.75, 3.05) is 24.7 Å². The normalized spacial score (nSPS) is 25.6. The molecule has 36 heavy (non-hydrogen) atoms. The van der Waals surface area contributed by atoms with Gasteiger partial charge in [0.25, 0.3) is 0 Å². The molecule has 0 saturated carbocycles. The molecule has 1 aliphatic carbocycles. The number of aromatic amines is 1. The number of fused-ring (bicyclic) bond motifs is 1. The van der Waals surface area contributed by atoms with Crippen LogP contribution in [0.15, 0.2) is 49.5 Å². The highest BCUT2D eigenvalue weighted by Gasteiger charge is 2.52. The van der Waals surface area contributed by atoms with Gasteiger partial charge >= 0.3 is 5.76 Å². The second-order valence-corrected chi connectivity index (χ2v) is 11.6. The van der Waals surface area contributed by atoms with Crippen LogP contribution >= 0.6 is 11.6 Å². The molecular weight excluding hydrogens is 513 g/mol. The van der Waals surface area contributed by atoms with Gasteiger partial charge in [0.15, 0.2) is 5.82 Å². The molecule has 196 valence electrons. The van der Waals surface area contributed by atoms with Crippen LogP contribution in [-0.2, 0) is 10.0 Å². The fraction of sp³-hybridized carbons (Fsp3) is 0.522. The van der Waals surface area contributed by atoms with Crippen LogP contribution in [0.25, 0.3) is 0 Å². The third kappa shape index (κ3) is 4.29. The zero-order valence-corrected chi connectivity index (χ0v) is 22.0. The van der Waals surface area contributed by atoms with Crippen molar-refractivity contribution < 1.29 is 22.3 Å². The number of anilines is 1.